The van der Waals surface area contributed by atoms with Gasteiger partial charge in [-0.15, -0.1) is 0 Å². The van der Waals surface area contributed by atoms with E-state index < -0.39 is 0 Å². The Kier molecular flexibility index (Phi) is 4.53. The number of aliphatic hydroxyl groups is 1. The summed E-state index contributed by atoms with van der Waals surface area (Å²) in [5, 5.41) is 12.5. The fraction of sp³-hybridized carbons (Fsp3) is 0.688. The van der Waals surface area contributed by atoms with Crippen molar-refractivity contribution in [3.63, 3.8) is 0 Å². The molecule has 0 bridgehead atoms. The van der Waals surface area contributed by atoms with E-state index in [1.54, 1.807) is 0 Å². The molecule has 20 heavy (non-hydrogen) atoms. The van der Waals surface area contributed by atoms with Gasteiger partial charge in [-0.2, -0.15) is 0 Å². The number of nitrogens with zero attached hydrogens (tertiary/aromatic N) is 2. The molecule has 1 saturated heterocycles. The highest BCUT2D eigenvalue weighted by Gasteiger charge is 2.25. The second kappa shape index (κ2) is 6.55. The van der Waals surface area contributed by atoms with Crippen molar-refractivity contribution in [2.75, 3.05) is 18.1 Å². The molecule has 2 N–H and O–H groups in total. The topological polar surface area (TPSA) is 48.4 Å². The maximum Gasteiger partial charge on any atom is 0.128 e. The van der Waals surface area contributed by atoms with Gasteiger partial charge in [0.25, 0.3) is 0 Å². The van der Waals surface area contributed by atoms with Crippen LogP contribution in [0.25, 0.3) is 0 Å². The Bertz CT molecular complexity index is 416. The van der Waals surface area contributed by atoms with E-state index in [0.29, 0.717) is 12.6 Å². The first-order valence-electron chi connectivity index (χ1n) is 7.92. The van der Waals surface area contributed by atoms with E-state index in [-0.39, 0.29) is 0 Å². The van der Waals surface area contributed by atoms with Crippen LogP contribution in [0.2, 0.25) is 0 Å². The lowest BCUT2D eigenvalue weighted by Gasteiger charge is -2.25. The maximum atomic E-state index is 8.99. The van der Waals surface area contributed by atoms with E-state index in [9.17, 15) is 0 Å². The molecule has 1 aromatic rings. The molecule has 110 valence electrons. The van der Waals surface area contributed by atoms with Crippen molar-refractivity contribution in [1.82, 2.24) is 10.3 Å². The van der Waals surface area contributed by atoms with Crippen LogP contribution >= 0.6 is 0 Å². The van der Waals surface area contributed by atoms with Crippen molar-refractivity contribution in [2.45, 2.75) is 57.2 Å². The molecule has 4 heteroatoms. The number of aromatic nitrogens is 1. The first-order valence-corrected chi connectivity index (χ1v) is 7.92. The summed E-state index contributed by atoms with van der Waals surface area (Å²) in [6.45, 7) is 2.33. The summed E-state index contributed by atoms with van der Waals surface area (Å²) in [5.74, 6) is 1.10. The molecule has 0 aromatic carbocycles. The summed E-state index contributed by atoms with van der Waals surface area (Å²) in [5.41, 5.74) is 1.27. The molecule has 0 radical (unpaired) electrons. The van der Waals surface area contributed by atoms with Crippen LogP contribution in [0.1, 0.15) is 44.1 Å². The largest absolute Gasteiger partial charge is 0.396 e. The summed E-state index contributed by atoms with van der Waals surface area (Å²) in [6.07, 6.45) is 9.09. The quantitative estimate of drug-likeness (QED) is 0.800. The molecule has 1 aliphatic carbocycles. The fourth-order valence-corrected chi connectivity index (χ4v) is 3.01. The number of hydrogen-bond acceptors (Lipinski definition) is 4. The molecule has 0 amide bonds. The van der Waals surface area contributed by atoms with E-state index in [2.05, 4.69) is 27.3 Å². The highest BCUT2D eigenvalue weighted by Crippen LogP contribution is 2.26. The van der Waals surface area contributed by atoms with Crippen molar-refractivity contribution in [1.29, 1.82) is 0 Å². The summed E-state index contributed by atoms with van der Waals surface area (Å²) in [7, 11) is 0. The molecular formula is C16H25N3O. The first-order chi connectivity index (χ1) is 9.86. The molecule has 1 aliphatic heterocycles. The van der Waals surface area contributed by atoms with Crippen LogP contribution in [0.15, 0.2) is 18.3 Å². The van der Waals surface area contributed by atoms with Gasteiger partial charge in [0, 0.05) is 38.0 Å². The van der Waals surface area contributed by atoms with Crippen LogP contribution in [0.3, 0.4) is 0 Å². The molecule has 2 heterocycles. The van der Waals surface area contributed by atoms with Crippen molar-refractivity contribution in [2.24, 2.45) is 0 Å². The van der Waals surface area contributed by atoms with Crippen LogP contribution in [-0.2, 0) is 6.54 Å². The zero-order valence-electron chi connectivity index (χ0n) is 12.1. The number of anilines is 1. The van der Waals surface area contributed by atoms with E-state index in [0.717, 1.165) is 37.8 Å². The minimum Gasteiger partial charge on any atom is -0.396 e. The van der Waals surface area contributed by atoms with Gasteiger partial charge < -0.3 is 15.3 Å². The van der Waals surface area contributed by atoms with Gasteiger partial charge in [-0.3, -0.25) is 0 Å². The van der Waals surface area contributed by atoms with Crippen molar-refractivity contribution < 1.29 is 5.11 Å². The molecule has 2 fully saturated rings. The monoisotopic (exact) mass is 275 g/mol. The second-order valence-electron chi connectivity index (χ2n) is 6.04. The summed E-state index contributed by atoms with van der Waals surface area (Å²) < 4.78 is 0. The normalized spacial score (nSPS) is 22.4. The van der Waals surface area contributed by atoms with E-state index in [4.69, 9.17) is 5.11 Å². The number of rotatable bonds is 7. The van der Waals surface area contributed by atoms with Gasteiger partial charge in [0.15, 0.2) is 0 Å². The predicted molar refractivity (Wildman–Crippen MR) is 80.8 cm³/mol. The fourth-order valence-electron chi connectivity index (χ4n) is 3.01. The Morgan fingerprint density at radius 1 is 1.30 bits per heavy atom. The van der Waals surface area contributed by atoms with E-state index in [1.165, 1.54) is 31.2 Å². The lowest BCUT2D eigenvalue weighted by Crippen LogP contribution is -2.30. The molecule has 1 saturated carbocycles. The van der Waals surface area contributed by atoms with Crippen LogP contribution in [0.4, 0.5) is 5.82 Å². The molecule has 2 aliphatic rings. The highest BCUT2D eigenvalue weighted by molar-refractivity contribution is 5.41. The Hall–Kier alpha value is -1.13. The van der Waals surface area contributed by atoms with Crippen molar-refractivity contribution in [3.8, 4) is 0 Å². The Morgan fingerprint density at radius 3 is 2.90 bits per heavy atom. The minimum atomic E-state index is 0.295. The average molecular weight is 275 g/mol. The second-order valence-corrected chi connectivity index (χ2v) is 6.04. The molecule has 1 unspecified atom stereocenters. The predicted octanol–water partition coefficient (Wildman–Crippen LogP) is 2.07. The minimum absolute atomic E-state index is 0.295. The summed E-state index contributed by atoms with van der Waals surface area (Å²) >= 11 is 0. The summed E-state index contributed by atoms with van der Waals surface area (Å²) in [4.78, 5) is 7.05. The Morgan fingerprint density at radius 2 is 2.20 bits per heavy atom. The van der Waals surface area contributed by atoms with Crippen LogP contribution in [-0.4, -0.2) is 35.3 Å². The third kappa shape index (κ3) is 3.49. The van der Waals surface area contributed by atoms with Gasteiger partial charge in [-0.25, -0.2) is 4.98 Å². The molecule has 3 rings (SSSR count). The van der Waals surface area contributed by atoms with Crippen molar-refractivity contribution in [3.05, 3.63) is 23.9 Å². The van der Waals surface area contributed by atoms with E-state index in [1.807, 2.05) is 6.20 Å². The van der Waals surface area contributed by atoms with Crippen LogP contribution < -0.4 is 10.2 Å². The third-order valence-corrected chi connectivity index (χ3v) is 4.35. The van der Waals surface area contributed by atoms with Crippen LogP contribution in [0.5, 0.6) is 0 Å². The van der Waals surface area contributed by atoms with Crippen LogP contribution in [0, 0.1) is 0 Å². The number of hydrogen-bond donors (Lipinski definition) is 2. The molecule has 1 aromatic heterocycles. The zero-order chi connectivity index (χ0) is 13.8. The Balaban J connectivity index is 1.57. The highest BCUT2D eigenvalue weighted by atomic mass is 16.2. The molecule has 0 spiro atoms. The first kappa shape index (κ1) is 13.8. The SMILES string of the molecule is OCCCC1CCCN1c1ccc(CNC2CC2)cn1. The van der Waals surface area contributed by atoms with Gasteiger partial charge in [-0.1, -0.05) is 6.07 Å². The molecule has 1 atom stereocenters. The summed E-state index contributed by atoms with van der Waals surface area (Å²) in [6, 6.07) is 5.65. The Labute approximate surface area is 121 Å². The van der Waals surface area contributed by atoms with Gasteiger partial charge >= 0.3 is 0 Å². The lowest BCUT2D eigenvalue weighted by molar-refractivity contribution is 0.279. The number of aliphatic hydroxyl groups excluding tert-OH is 1. The lowest BCUT2D eigenvalue weighted by atomic mass is 10.1. The molecular weight excluding hydrogens is 250 g/mol. The van der Waals surface area contributed by atoms with Crippen molar-refractivity contribution >= 4 is 5.82 Å². The maximum absolute atomic E-state index is 8.99. The molecule has 4 nitrogen and oxygen atoms in total. The van der Waals surface area contributed by atoms with Gasteiger partial charge in [0.2, 0.25) is 0 Å². The van der Waals surface area contributed by atoms with Gasteiger partial charge in [0.05, 0.1) is 0 Å². The number of pyridine rings is 1. The zero-order valence-corrected chi connectivity index (χ0v) is 12.1. The number of nitrogens with one attached hydrogen (secondary N) is 1. The third-order valence-electron chi connectivity index (χ3n) is 4.35. The standard InChI is InChI=1S/C16H25N3O/c20-10-2-4-15-3-1-9-19(15)16-8-5-13(12-18-16)11-17-14-6-7-14/h5,8,12,14-15,17,20H,1-4,6-7,9-11H2. The smallest absolute Gasteiger partial charge is 0.128 e. The average Bonchev–Trinajstić information content (AvgIpc) is 3.20. The van der Waals surface area contributed by atoms with Gasteiger partial charge in [0.1, 0.15) is 5.82 Å². The van der Waals surface area contributed by atoms with Gasteiger partial charge in [-0.05, 0) is 50.2 Å². The van der Waals surface area contributed by atoms with E-state index >= 15 is 0 Å².